The van der Waals surface area contributed by atoms with Crippen molar-refractivity contribution < 1.29 is 4.79 Å². The monoisotopic (exact) mass is 194 g/mol. The second-order valence-electron chi connectivity index (χ2n) is 3.68. The topological polar surface area (TPSA) is 75.0 Å². The zero-order chi connectivity index (χ0) is 10.1. The molecule has 1 aliphatic heterocycles. The van der Waals surface area contributed by atoms with Crippen LogP contribution >= 0.6 is 0 Å². The molecule has 0 aromatic carbocycles. The minimum atomic E-state index is 0.0131. The molecular weight excluding hydrogens is 180 g/mol. The molecule has 1 aromatic rings. The van der Waals surface area contributed by atoms with Gasteiger partial charge in [-0.15, -0.1) is 0 Å². The summed E-state index contributed by atoms with van der Waals surface area (Å²) in [5, 5.41) is 6.39. The Labute approximate surface area is 82.3 Å². The standard InChI is InChI=1S/C9H14N4O/c1-6-8(10)2-3-13(6)9(14)7-4-11-12-5-7/h4-6,8H,2-3,10H2,1H3,(H,11,12). The number of likely N-dealkylation sites (tertiary alicyclic amines) is 1. The summed E-state index contributed by atoms with van der Waals surface area (Å²) in [5.74, 6) is 0.0131. The second-order valence-corrected chi connectivity index (χ2v) is 3.68. The number of aromatic amines is 1. The average molecular weight is 194 g/mol. The van der Waals surface area contributed by atoms with E-state index in [2.05, 4.69) is 10.2 Å². The van der Waals surface area contributed by atoms with Gasteiger partial charge in [0.1, 0.15) is 0 Å². The van der Waals surface area contributed by atoms with E-state index >= 15 is 0 Å². The molecule has 1 saturated heterocycles. The molecule has 1 fully saturated rings. The van der Waals surface area contributed by atoms with Gasteiger partial charge in [0.15, 0.2) is 0 Å². The van der Waals surface area contributed by atoms with Crippen LogP contribution in [0.4, 0.5) is 0 Å². The van der Waals surface area contributed by atoms with E-state index in [1.54, 1.807) is 17.3 Å². The highest BCUT2D eigenvalue weighted by Gasteiger charge is 2.32. The Morgan fingerprint density at radius 3 is 3.07 bits per heavy atom. The van der Waals surface area contributed by atoms with Crippen molar-refractivity contribution in [2.24, 2.45) is 5.73 Å². The predicted octanol–water partition coefficient (Wildman–Crippen LogP) is -0.0286. The highest BCUT2D eigenvalue weighted by Crippen LogP contribution is 2.18. The Morgan fingerprint density at radius 1 is 1.79 bits per heavy atom. The predicted molar refractivity (Wildman–Crippen MR) is 51.7 cm³/mol. The first-order valence-electron chi connectivity index (χ1n) is 4.75. The molecule has 1 aromatic heterocycles. The molecule has 5 nitrogen and oxygen atoms in total. The van der Waals surface area contributed by atoms with Crippen LogP contribution in [0.5, 0.6) is 0 Å². The van der Waals surface area contributed by atoms with E-state index in [9.17, 15) is 4.79 Å². The number of H-pyrrole nitrogens is 1. The summed E-state index contributed by atoms with van der Waals surface area (Å²) in [6.07, 6.45) is 4.03. The molecule has 0 bridgehead atoms. The van der Waals surface area contributed by atoms with E-state index < -0.39 is 0 Å². The van der Waals surface area contributed by atoms with Crippen LogP contribution in [0.25, 0.3) is 0 Å². The molecule has 5 heteroatoms. The molecule has 0 aliphatic carbocycles. The number of hydrogen-bond acceptors (Lipinski definition) is 3. The Bertz CT molecular complexity index is 322. The maximum Gasteiger partial charge on any atom is 0.257 e. The third-order valence-corrected chi connectivity index (χ3v) is 2.82. The van der Waals surface area contributed by atoms with Crippen LogP contribution in [0.3, 0.4) is 0 Å². The Hall–Kier alpha value is -1.36. The van der Waals surface area contributed by atoms with Gasteiger partial charge in [0, 0.05) is 24.8 Å². The SMILES string of the molecule is CC1C(N)CCN1C(=O)c1cn[nH]c1. The first-order valence-corrected chi connectivity index (χ1v) is 4.75. The van der Waals surface area contributed by atoms with E-state index in [1.807, 2.05) is 6.92 Å². The van der Waals surface area contributed by atoms with Gasteiger partial charge in [-0.25, -0.2) is 0 Å². The molecule has 2 heterocycles. The van der Waals surface area contributed by atoms with Crippen LogP contribution in [0.15, 0.2) is 12.4 Å². The van der Waals surface area contributed by atoms with Gasteiger partial charge in [0.25, 0.3) is 5.91 Å². The molecule has 0 spiro atoms. The van der Waals surface area contributed by atoms with Crippen LogP contribution in [-0.2, 0) is 0 Å². The average Bonchev–Trinajstić information content (AvgIpc) is 2.77. The van der Waals surface area contributed by atoms with Gasteiger partial charge >= 0.3 is 0 Å². The summed E-state index contributed by atoms with van der Waals surface area (Å²) in [6, 6.07) is 0.225. The van der Waals surface area contributed by atoms with Crippen molar-refractivity contribution >= 4 is 5.91 Å². The number of rotatable bonds is 1. The van der Waals surface area contributed by atoms with Gasteiger partial charge < -0.3 is 10.6 Å². The summed E-state index contributed by atoms with van der Waals surface area (Å²) in [5.41, 5.74) is 6.45. The molecule has 14 heavy (non-hydrogen) atoms. The number of nitrogens with zero attached hydrogens (tertiary/aromatic N) is 2. The zero-order valence-electron chi connectivity index (χ0n) is 8.10. The maximum absolute atomic E-state index is 11.9. The van der Waals surface area contributed by atoms with Crippen molar-refractivity contribution in [2.75, 3.05) is 6.54 Å². The summed E-state index contributed by atoms with van der Waals surface area (Å²) < 4.78 is 0. The van der Waals surface area contributed by atoms with Crippen molar-refractivity contribution in [3.05, 3.63) is 18.0 Å². The summed E-state index contributed by atoms with van der Waals surface area (Å²) in [7, 11) is 0. The first-order chi connectivity index (χ1) is 6.70. The number of amides is 1. The molecule has 0 radical (unpaired) electrons. The number of hydrogen-bond donors (Lipinski definition) is 2. The molecule has 2 atom stereocenters. The lowest BCUT2D eigenvalue weighted by Gasteiger charge is -2.22. The van der Waals surface area contributed by atoms with Crippen LogP contribution in [0, 0.1) is 0 Å². The molecule has 76 valence electrons. The zero-order valence-corrected chi connectivity index (χ0v) is 8.10. The minimum Gasteiger partial charge on any atom is -0.334 e. The number of carbonyl (C=O) groups is 1. The lowest BCUT2D eigenvalue weighted by molar-refractivity contribution is 0.0742. The number of nitrogens with one attached hydrogen (secondary N) is 1. The van der Waals surface area contributed by atoms with E-state index in [0.717, 1.165) is 13.0 Å². The van der Waals surface area contributed by atoms with Gasteiger partial charge in [0.05, 0.1) is 11.8 Å². The molecule has 3 N–H and O–H groups in total. The van der Waals surface area contributed by atoms with Crippen molar-refractivity contribution in [3.63, 3.8) is 0 Å². The van der Waals surface area contributed by atoms with Crippen LogP contribution in [-0.4, -0.2) is 39.6 Å². The lowest BCUT2D eigenvalue weighted by atomic mass is 10.1. The fourth-order valence-electron chi connectivity index (χ4n) is 1.78. The first kappa shape index (κ1) is 9.21. The smallest absolute Gasteiger partial charge is 0.257 e. The third kappa shape index (κ3) is 1.39. The van der Waals surface area contributed by atoms with Crippen molar-refractivity contribution in [3.8, 4) is 0 Å². The minimum absolute atomic E-state index is 0.0131. The Morgan fingerprint density at radius 2 is 2.57 bits per heavy atom. The summed E-state index contributed by atoms with van der Waals surface area (Å²) in [6.45, 7) is 2.72. The molecule has 2 rings (SSSR count). The van der Waals surface area contributed by atoms with Crippen molar-refractivity contribution in [1.82, 2.24) is 15.1 Å². The van der Waals surface area contributed by atoms with Crippen LogP contribution in [0.1, 0.15) is 23.7 Å². The summed E-state index contributed by atoms with van der Waals surface area (Å²) in [4.78, 5) is 13.7. The number of carbonyl (C=O) groups excluding carboxylic acids is 1. The Balaban J connectivity index is 2.13. The third-order valence-electron chi connectivity index (χ3n) is 2.82. The summed E-state index contributed by atoms with van der Waals surface area (Å²) >= 11 is 0. The van der Waals surface area contributed by atoms with Crippen LogP contribution < -0.4 is 5.73 Å². The van der Waals surface area contributed by atoms with E-state index in [4.69, 9.17) is 5.73 Å². The van der Waals surface area contributed by atoms with Gasteiger partial charge in [-0.3, -0.25) is 9.89 Å². The maximum atomic E-state index is 11.9. The lowest BCUT2D eigenvalue weighted by Crippen LogP contribution is -2.40. The van der Waals surface area contributed by atoms with E-state index in [-0.39, 0.29) is 18.0 Å². The van der Waals surface area contributed by atoms with Gasteiger partial charge in [-0.05, 0) is 13.3 Å². The van der Waals surface area contributed by atoms with Crippen molar-refractivity contribution in [1.29, 1.82) is 0 Å². The molecular formula is C9H14N4O. The number of aromatic nitrogens is 2. The van der Waals surface area contributed by atoms with Gasteiger partial charge in [0.2, 0.25) is 0 Å². The highest BCUT2D eigenvalue weighted by molar-refractivity contribution is 5.94. The van der Waals surface area contributed by atoms with Gasteiger partial charge in [-0.1, -0.05) is 0 Å². The highest BCUT2D eigenvalue weighted by atomic mass is 16.2. The molecule has 1 aliphatic rings. The van der Waals surface area contributed by atoms with E-state index in [0.29, 0.717) is 5.56 Å². The van der Waals surface area contributed by atoms with Gasteiger partial charge in [-0.2, -0.15) is 5.10 Å². The van der Waals surface area contributed by atoms with E-state index in [1.165, 1.54) is 0 Å². The largest absolute Gasteiger partial charge is 0.334 e. The normalized spacial score (nSPS) is 26.9. The fraction of sp³-hybridized carbons (Fsp3) is 0.556. The molecule has 1 amide bonds. The van der Waals surface area contributed by atoms with Crippen molar-refractivity contribution in [2.45, 2.75) is 25.4 Å². The molecule has 0 saturated carbocycles. The second kappa shape index (κ2) is 3.42. The fourth-order valence-corrected chi connectivity index (χ4v) is 1.78. The van der Waals surface area contributed by atoms with Crippen LogP contribution in [0.2, 0.25) is 0 Å². The Kier molecular flexibility index (Phi) is 2.25. The quantitative estimate of drug-likeness (QED) is 0.659. The number of nitrogens with two attached hydrogens (primary N) is 1. The molecule has 2 unspecified atom stereocenters.